The van der Waals surface area contributed by atoms with Gasteiger partial charge in [-0.1, -0.05) is 0 Å². The van der Waals surface area contributed by atoms with Crippen LogP contribution in [0.15, 0.2) is 34.9 Å². The van der Waals surface area contributed by atoms with Crippen molar-refractivity contribution in [2.45, 2.75) is 6.92 Å². The molecule has 0 fully saturated rings. The van der Waals surface area contributed by atoms with Crippen LogP contribution in [0.2, 0.25) is 0 Å². The maximum absolute atomic E-state index is 13.0. The minimum Gasteiger partial charge on any atom is -0.338 e. The van der Waals surface area contributed by atoms with Crippen LogP contribution in [0.1, 0.15) is 11.1 Å². The molecule has 2 aromatic rings. The van der Waals surface area contributed by atoms with Crippen molar-refractivity contribution in [1.29, 1.82) is 5.26 Å². The fraction of sp³-hybridized carbons (Fsp3) is 0.0769. The van der Waals surface area contributed by atoms with Crippen molar-refractivity contribution >= 4 is 27.4 Å². The van der Waals surface area contributed by atoms with Gasteiger partial charge in [0.25, 0.3) is 0 Å². The van der Waals surface area contributed by atoms with Crippen molar-refractivity contribution in [1.82, 2.24) is 4.98 Å². The number of hydrogen-bond donors (Lipinski definition) is 1. The molecule has 0 saturated heterocycles. The van der Waals surface area contributed by atoms with Crippen molar-refractivity contribution in [3.05, 3.63) is 51.9 Å². The Morgan fingerprint density at radius 1 is 1.39 bits per heavy atom. The number of aryl methyl sites for hydroxylation is 1. The molecule has 0 aliphatic carbocycles. The first-order valence-electron chi connectivity index (χ1n) is 5.19. The molecule has 0 atom stereocenters. The molecule has 1 N–H and O–H groups in total. The predicted octanol–water partition coefficient (Wildman–Crippen LogP) is 3.91. The predicted molar refractivity (Wildman–Crippen MR) is 71.1 cm³/mol. The molecule has 0 aliphatic rings. The number of nitrogens with zero attached hydrogens (tertiary/aromatic N) is 2. The molecule has 0 unspecified atom stereocenters. The number of hydrogen-bond acceptors (Lipinski definition) is 3. The Labute approximate surface area is 112 Å². The minimum absolute atomic E-state index is 0.329. The van der Waals surface area contributed by atoms with Crippen LogP contribution < -0.4 is 5.32 Å². The molecule has 1 aromatic carbocycles. The van der Waals surface area contributed by atoms with E-state index in [9.17, 15) is 4.39 Å². The van der Waals surface area contributed by atoms with E-state index in [0.717, 1.165) is 5.56 Å². The van der Waals surface area contributed by atoms with Crippen molar-refractivity contribution in [3.8, 4) is 6.07 Å². The third-order valence-electron chi connectivity index (χ3n) is 2.46. The van der Waals surface area contributed by atoms with E-state index in [1.54, 1.807) is 18.3 Å². The Bertz CT molecular complexity index is 635. The highest BCUT2D eigenvalue weighted by atomic mass is 79.9. The Balaban J connectivity index is 2.41. The fourth-order valence-corrected chi connectivity index (χ4v) is 1.96. The van der Waals surface area contributed by atoms with Crippen LogP contribution in [0.5, 0.6) is 0 Å². The molecule has 0 spiro atoms. The van der Waals surface area contributed by atoms with Crippen LogP contribution >= 0.6 is 15.9 Å². The smallest absolute Gasteiger partial charge is 0.148 e. The highest BCUT2D eigenvalue weighted by Gasteiger charge is 2.08. The second-order valence-electron chi connectivity index (χ2n) is 3.71. The van der Waals surface area contributed by atoms with Gasteiger partial charge >= 0.3 is 0 Å². The number of rotatable bonds is 2. The number of anilines is 2. The van der Waals surface area contributed by atoms with Gasteiger partial charge in [0.15, 0.2) is 0 Å². The van der Waals surface area contributed by atoms with Crippen molar-refractivity contribution in [2.75, 3.05) is 5.32 Å². The summed E-state index contributed by atoms with van der Waals surface area (Å²) in [5.74, 6) is 0.134. The molecule has 1 aromatic heterocycles. The van der Waals surface area contributed by atoms with E-state index in [4.69, 9.17) is 5.26 Å². The highest BCUT2D eigenvalue weighted by molar-refractivity contribution is 9.10. The first-order valence-corrected chi connectivity index (χ1v) is 5.99. The minimum atomic E-state index is -0.329. The third kappa shape index (κ3) is 2.49. The molecule has 18 heavy (non-hydrogen) atoms. The second-order valence-corrected chi connectivity index (χ2v) is 4.57. The molecule has 90 valence electrons. The molecule has 3 nitrogen and oxygen atoms in total. The lowest BCUT2D eigenvalue weighted by Crippen LogP contribution is -1.99. The molecule has 0 aliphatic heterocycles. The summed E-state index contributed by atoms with van der Waals surface area (Å²) in [5.41, 5.74) is 1.98. The van der Waals surface area contributed by atoms with Gasteiger partial charge in [0.1, 0.15) is 17.7 Å². The normalized spacial score (nSPS) is 9.89. The van der Waals surface area contributed by atoms with E-state index in [2.05, 4.69) is 32.3 Å². The average Bonchev–Trinajstić information content (AvgIpc) is 2.33. The summed E-state index contributed by atoms with van der Waals surface area (Å²) in [5, 5.41) is 12.1. The number of benzene rings is 1. The van der Waals surface area contributed by atoms with Gasteiger partial charge in [-0.15, -0.1) is 0 Å². The van der Waals surface area contributed by atoms with Gasteiger partial charge in [-0.05, 0) is 52.7 Å². The Hall–Kier alpha value is -1.93. The van der Waals surface area contributed by atoms with Crippen LogP contribution in [0.3, 0.4) is 0 Å². The van der Waals surface area contributed by atoms with E-state index in [1.165, 1.54) is 12.1 Å². The van der Waals surface area contributed by atoms with Crippen LogP contribution in [-0.2, 0) is 0 Å². The van der Waals surface area contributed by atoms with Crippen LogP contribution in [0.25, 0.3) is 0 Å². The highest BCUT2D eigenvalue weighted by Crippen LogP contribution is 2.27. The largest absolute Gasteiger partial charge is 0.338 e. The van der Waals surface area contributed by atoms with E-state index in [1.807, 2.05) is 6.92 Å². The third-order valence-corrected chi connectivity index (χ3v) is 3.11. The van der Waals surface area contributed by atoms with E-state index in [0.29, 0.717) is 21.5 Å². The van der Waals surface area contributed by atoms with E-state index < -0.39 is 0 Å². The molecule has 1 heterocycles. The van der Waals surface area contributed by atoms with Gasteiger partial charge in [0, 0.05) is 10.7 Å². The lowest BCUT2D eigenvalue weighted by Gasteiger charge is -2.10. The fourth-order valence-electron chi connectivity index (χ4n) is 1.51. The van der Waals surface area contributed by atoms with Crippen molar-refractivity contribution in [2.24, 2.45) is 0 Å². The van der Waals surface area contributed by atoms with Crippen molar-refractivity contribution < 1.29 is 4.39 Å². The van der Waals surface area contributed by atoms with Crippen molar-refractivity contribution in [3.63, 3.8) is 0 Å². The lowest BCUT2D eigenvalue weighted by molar-refractivity contribution is 0.627. The monoisotopic (exact) mass is 305 g/mol. The summed E-state index contributed by atoms with van der Waals surface area (Å²) in [4.78, 5) is 4.12. The number of halogens is 2. The first kappa shape index (κ1) is 12.5. The maximum atomic E-state index is 13.0. The number of nitrogens with one attached hydrogen (secondary N) is 1. The molecule has 2 rings (SSSR count). The number of pyridine rings is 1. The van der Waals surface area contributed by atoms with Gasteiger partial charge in [-0.25, -0.2) is 9.37 Å². The Morgan fingerprint density at radius 2 is 2.17 bits per heavy atom. The summed E-state index contributed by atoms with van der Waals surface area (Å²) >= 11 is 3.26. The molecule has 5 heteroatoms. The summed E-state index contributed by atoms with van der Waals surface area (Å²) in [6, 6.07) is 8.15. The SMILES string of the molecule is Cc1ccnc(Nc2ccc(F)cc2Br)c1C#N. The summed E-state index contributed by atoms with van der Waals surface area (Å²) in [6.07, 6.45) is 1.62. The zero-order valence-electron chi connectivity index (χ0n) is 9.54. The summed E-state index contributed by atoms with van der Waals surface area (Å²) < 4.78 is 13.5. The van der Waals surface area contributed by atoms with Crippen LogP contribution in [-0.4, -0.2) is 4.98 Å². The van der Waals surface area contributed by atoms with E-state index >= 15 is 0 Å². The summed E-state index contributed by atoms with van der Waals surface area (Å²) in [6.45, 7) is 1.84. The molecule has 0 radical (unpaired) electrons. The number of nitriles is 1. The maximum Gasteiger partial charge on any atom is 0.148 e. The van der Waals surface area contributed by atoms with Gasteiger partial charge in [0.2, 0.25) is 0 Å². The molecular weight excluding hydrogens is 297 g/mol. The zero-order chi connectivity index (χ0) is 13.1. The quantitative estimate of drug-likeness (QED) is 0.915. The molecule has 0 amide bonds. The van der Waals surface area contributed by atoms with Gasteiger partial charge in [-0.2, -0.15) is 5.26 Å². The zero-order valence-corrected chi connectivity index (χ0v) is 11.1. The topological polar surface area (TPSA) is 48.7 Å². The van der Waals surface area contributed by atoms with Gasteiger partial charge in [0.05, 0.1) is 11.3 Å². The molecular formula is C13H9BrFN3. The van der Waals surface area contributed by atoms with Crippen LogP contribution in [0.4, 0.5) is 15.9 Å². The van der Waals surface area contributed by atoms with Gasteiger partial charge in [-0.3, -0.25) is 0 Å². The standard InChI is InChI=1S/C13H9BrFN3/c1-8-4-5-17-13(10(8)7-16)18-12-3-2-9(15)6-11(12)14/h2-6H,1H3,(H,17,18). The molecule has 0 bridgehead atoms. The number of aromatic nitrogens is 1. The molecule has 0 saturated carbocycles. The van der Waals surface area contributed by atoms with Crippen LogP contribution in [0, 0.1) is 24.1 Å². The average molecular weight is 306 g/mol. The second kappa shape index (κ2) is 5.15. The Morgan fingerprint density at radius 3 is 2.83 bits per heavy atom. The first-order chi connectivity index (χ1) is 8.61. The Kier molecular flexibility index (Phi) is 3.58. The van der Waals surface area contributed by atoms with Gasteiger partial charge < -0.3 is 5.32 Å². The van der Waals surface area contributed by atoms with E-state index in [-0.39, 0.29) is 5.82 Å². The summed E-state index contributed by atoms with van der Waals surface area (Å²) in [7, 11) is 0. The lowest BCUT2D eigenvalue weighted by atomic mass is 10.1.